The Labute approximate surface area is 111 Å². The second-order valence-electron chi connectivity index (χ2n) is 4.88. The van der Waals surface area contributed by atoms with Crippen LogP contribution in [-0.2, 0) is 6.42 Å². The molecule has 1 N–H and O–H groups in total. The van der Waals surface area contributed by atoms with Crippen molar-refractivity contribution in [3.05, 3.63) is 29.8 Å². The van der Waals surface area contributed by atoms with Gasteiger partial charge in [-0.25, -0.2) is 0 Å². The monoisotopic (exact) mass is 250 g/mol. The first-order chi connectivity index (χ1) is 8.72. The predicted molar refractivity (Wildman–Crippen MR) is 75.8 cm³/mol. The molecule has 0 aliphatic carbocycles. The minimum absolute atomic E-state index is 0.733. The molecule has 1 rings (SSSR count). The maximum atomic E-state index is 9.10. The summed E-state index contributed by atoms with van der Waals surface area (Å²) in [6.07, 6.45) is 8.40. The summed E-state index contributed by atoms with van der Waals surface area (Å²) in [4.78, 5) is 0. The van der Waals surface area contributed by atoms with E-state index in [0.717, 1.165) is 12.2 Å². The lowest BCUT2D eigenvalue weighted by Gasteiger charge is -2.09. The molecule has 0 aromatic heterocycles. The van der Waals surface area contributed by atoms with Crippen molar-refractivity contribution in [2.24, 2.45) is 0 Å². The molecule has 0 radical (unpaired) electrons. The summed E-state index contributed by atoms with van der Waals surface area (Å²) in [5, 5.41) is 9.10. The molecule has 2 heteroatoms. The Bertz CT molecular complexity index is 303. The van der Waals surface area contributed by atoms with Crippen molar-refractivity contribution in [3.8, 4) is 5.75 Å². The fourth-order valence-electron chi connectivity index (χ4n) is 2.04. The summed E-state index contributed by atoms with van der Waals surface area (Å²) in [6.45, 7) is 3.86. The maximum absolute atomic E-state index is 9.10. The van der Waals surface area contributed by atoms with Crippen molar-refractivity contribution >= 4 is 0 Å². The lowest BCUT2D eigenvalue weighted by Crippen LogP contribution is -2.09. The molecule has 0 saturated carbocycles. The fraction of sp³-hybridized carbons (Fsp3) is 0.625. The zero-order valence-corrected chi connectivity index (χ0v) is 11.7. The highest BCUT2D eigenvalue weighted by Crippen LogP contribution is 2.15. The molecule has 0 fully saturated rings. The van der Waals surface area contributed by atoms with Gasteiger partial charge in [0.25, 0.3) is 0 Å². The van der Waals surface area contributed by atoms with Gasteiger partial charge in [0, 0.05) is 0 Å². The Balaban J connectivity index is 2.18. The van der Waals surface area contributed by atoms with Gasteiger partial charge in [-0.1, -0.05) is 51.2 Å². The van der Waals surface area contributed by atoms with Crippen LogP contribution in [0, 0.1) is 0 Å². The third-order valence-corrected chi connectivity index (χ3v) is 3.05. The smallest absolute Gasteiger partial charge is 0.194 e. The average Bonchev–Trinajstić information content (AvgIpc) is 2.35. The van der Waals surface area contributed by atoms with Gasteiger partial charge in [-0.15, -0.1) is 0 Å². The molecule has 18 heavy (non-hydrogen) atoms. The van der Waals surface area contributed by atoms with Gasteiger partial charge in [-0.3, -0.25) is 0 Å². The Morgan fingerprint density at radius 1 is 1.00 bits per heavy atom. The van der Waals surface area contributed by atoms with Crippen molar-refractivity contribution in [2.45, 2.75) is 65.1 Å². The lowest BCUT2D eigenvalue weighted by atomic mass is 10.0. The van der Waals surface area contributed by atoms with Crippen molar-refractivity contribution < 1.29 is 9.84 Å². The van der Waals surface area contributed by atoms with E-state index >= 15 is 0 Å². The van der Waals surface area contributed by atoms with E-state index in [1.54, 1.807) is 6.92 Å². The van der Waals surface area contributed by atoms with Crippen LogP contribution in [0.3, 0.4) is 0 Å². The van der Waals surface area contributed by atoms with Crippen LogP contribution in [0.5, 0.6) is 5.75 Å². The second-order valence-corrected chi connectivity index (χ2v) is 4.88. The number of ether oxygens (including phenoxy) is 1. The van der Waals surface area contributed by atoms with Crippen LogP contribution in [-0.4, -0.2) is 11.4 Å². The Kier molecular flexibility index (Phi) is 7.51. The largest absolute Gasteiger partial charge is 0.465 e. The average molecular weight is 250 g/mol. The number of rotatable bonds is 9. The summed E-state index contributed by atoms with van der Waals surface area (Å²) in [5.41, 5.74) is 1.35. The maximum Gasteiger partial charge on any atom is 0.194 e. The summed E-state index contributed by atoms with van der Waals surface area (Å²) in [6, 6.07) is 8.03. The van der Waals surface area contributed by atoms with E-state index in [0.29, 0.717) is 0 Å². The lowest BCUT2D eigenvalue weighted by molar-refractivity contribution is -0.000303. The fourth-order valence-corrected chi connectivity index (χ4v) is 2.04. The first-order valence-corrected chi connectivity index (χ1v) is 7.16. The highest BCUT2D eigenvalue weighted by atomic mass is 16.6. The quantitative estimate of drug-likeness (QED) is 0.523. The van der Waals surface area contributed by atoms with Gasteiger partial charge in [0.05, 0.1) is 0 Å². The highest BCUT2D eigenvalue weighted by molar-refractivity contribution is 5.27. The number of aliphatic hydroxyl groups is 1. The molecule has 0 heterocycles. The van der Waals surface area contributed by atoms with Gasteiger partial charge in [0.1, 0.15) is 5.75 Å². The van der Waals surface area contributed by atoms with Crippen LogP contribution < -0.4 is 4.74 Å². The standard InChI is InChI=1S/C16H26O2/c1-3-4-5-6-7-8-9-15-10-12-16(13-11-15)18-14(2)17/h10-14,17H,3-9H2,1-2H3. The van der Waals surface area contributed by atoms with Crippen LogP contribution in [0.2, 0.25) is 0 Å². The molecule has 0 aliphatic rings. The highest BCUT2D eigenvalue weighted by Gasteiger charge is 1.99. The zero-order chi connectivity index (χ0) is 13.2. The van der Waals surface area contributed by atoms with E-state index < -0.39 is 6.29 Å². The van der Waals surface area contributed by atoms with E-state index in [1.807, 2.05) is 12.1 Å². The molecule has 0 saturated heterocycles. The Morgan fingerprint density at radius 2 is 1.61 bits per heavy atom. The van der Waals surface area contributed by atoms with E-state index in [9.17, 15) is 0 Å². The third-order valence-electron chi connectivity index (χ3n) is 3.05. The zero-order valence-electron chi connectivity index (χ0n) is 11.7. The van der Waals surface area contributed by atoms with Crippen LogP contribution in [0.25, 0.3) is 0 Å². The molecule has 1 atom stereocenters. The minimum atomic E-state index is -0.741. The van der Waals surface area contributed by atoms with Crippen molar-refractivity contribution in [1.29, 1.82) is 0 Å². The number of hydrogen-bond acceptors (Lipinski definition) is 2. The topological polar surface area (TPSA) is 29.5 Å². The minimum Gasteiger partial charge on any atom is -0.465 e. The molecular formula is C16H26O2. The number of aliphatic hydroxyl groups excluding tert-OH is 1. The summed E-state index contributed by atoms with van der Waals surface area (Å²) in [5.74, 6) is 0.733. The van der Waals surface area contributed by atoms with Crippen molar-refractivity contribution in [1.82, 2.24) is 0 Å². The van der Waals surface area contributed by atoms with Crippen LogP contribution in [0.4, 0.5) is 0 Å². The number of benzene rings is 1. The Morgan fingerprint density at radius 3 is 2.22 bits per heavy atom. The molecule has 0 spiro atoms. The normalized spacial score (nSPS) is 12.4. The van der Waals surface area contributed by atoms with Crippen LogP contribution >= 0.6 is 0 Å². The van der Waals surface area contributed by atoms with Gasteiger partial charge >= 0.3 is 0 Å². The SMILES string of the molecule is CCCCCCCCc1ccc(OC(C)O)cc1. The molecule has 1 aromatic rings. The number of aryl methyl sites for hydroxylation is 1. The van der Waals surface area contributed by atoms with Gasteiger partial charge in [0.15, 0.2) is 6.29 Å². The second kappa shape index (κ2) is 8.98. The van der Waals surface area contributed by atoms with Crippen LogP contribution in [0.1, 0.15) is 57.9 Å². The molecule has 2 nitrogen and oxygen atoms in total. The van der Waals surface area contributed by atoms with E-state index in [1.165, 1.54) is 44.1 Å². The first-order valence-electron chi connectivity index (χ1n) is 7.16. The van der Waals surface area contributed by atoms with Gasteiger partial charge in [-0.2, -0.15) is 0 Å². The molecule has 0 amide bonds. The summed E-state index contributed by atoms with van der Waals surface area (Å²) in [7, 11) is 0. The van der Waals surface area contributed by atoms with E-state index in [2.05, 4.69) is 19.1 Å². The molecule has 0 bridgehead atoms. The van der Waals surface area contributed by atoms with E-state index in [-0.39, 0.29) is 0 Å². The van der Waals surface area contributed by atoms with Crippen molar-refractivity contribution in [3.63, 3.8) is 0 Å². The Hall–Kier alpha value is -1.02. The number of hydrogen-bond donors (Lipinski definition) is 1. The van der Waals surface area contributed by atoms with Gasteiger partial charge in [0.2, 0.25) is 0 Å². The molecular weight excluding hydrogens is 224 g/mol. The molecule has 1 unspecified atom stereocenters. The van der Waals surface area contributed by atoms with Gasteiger partial charge < -0.3 is 9.84 Å². The predicted octanol–water partition coefficient (Wildman–Crippen LogP) is 4.31. The first kappa shape index (κ1) is 15.0. The van der Waals surface area contributed by atoms with E-state index in [4.69, 9.17) is 9.84 Å². The van der Waals surface area contributed by atoms with Crippen LogP contribution in [0.15, 0.2) is 24.3 Å². The molecule has 1 aromatic carbocycles. The number of unbranched alkanes of at least 4 members (excludes halogenated alkanes) is 5. The van der Waals surface area contributed by atoms with Crippen molar-refractivity contribution in [2.75, 3.05) is 0 Å². The molecule has 102 valence electrons. The molecule has 0 aliphatic heterocycles. The summed E-state index contributed by atoms with van der Waals surface area (Å²) < 4.78 is 5.19. The van der Waals surface area contributed by atoms with Gasteiger partial charge in [-0.05, 0) is 37.5 Å². The third kappa shape index (κ3) is 6.65. The summed E-state index contributed by atoms with van der Waals surface area (Å²) >= 11 is 0.